The number of hydrogen-bond acceptors (Lipinski definition) is 19. The molecule has 2 fully saturated rings. The molecule has 0 aromatic heterocycles. The molecule has 0 spiro atoms. The molecule has 23 heteroatoms. The van der Waals surface area contributed by atoms with Crippen LogP contribution in [0.5, 0.6) is 0 Å². The van der Waals surface area contributed by atoms with Crippen molar-refractivity contribution in [3.05, 3.63) is 12.2 Å². The van der Waals surface area contributed by atoms with E-state index in [1.165, 1.54) is 12.0 Å². The van der Waals surface area contributed by atoms with Gasteiger partial charge in [0, 0.05) is 71.3 Å². The number of rotatable bonds is 37. The van der Waals surface area contributed by atoms with Gasteiger partial charge in [-0.2, -0.15) is 5.06 Å². The standard InChI is InChI=1S/C34H55N3O16.C5H7NO3/c1-35(30(40)4-2-12-38)9-7-31(41)36(10-16-47-20-24-51-28-26-49-22-18-45-14-3-13-39)11-17-48-21-25-52-29-27-50-23-19-46-15-8-34(44)53-37-32(42)5-6-33(37)43;1-9-6-4(7)2-3-5(6)8/h2,4,12-13H,3,5-11,14-29H2,1H3;2-3H2,1H3/b4-2-;. The molecule has 2 aliphatic rings. The van der Waals surface area contributed by atoms with Gasteiger partial charge in [-0.3, -0.25) is 38.4 Å². The molecule has 0 radical (unpaired) electrons. The third-order valence-corrected chi connectivity index (χ3v) is 8.17. The Hall–Kier alpha value is -4.59. The number of nitrogens with zero attached hydrogens (tertiary/aromatic N) is 4. The Labute approximate surface area is 360 Å². The summed E-state index contributed by atoms with van der Waals surface area (Å²) in [5.41, 5.74) is 0. The second-order valence-electron chi connectivity index (χ2n) is 12.8. The monoisotopic (exact) mass is 890 g/mol. The normalized spacial score (nSPS) is 13.8. The maximum Gasteiger partial charge on any atom is 0.335 e. The van der Waals surface area contributed by atoms with E-state index in [2.05, 4.69) is 4.84 Å². The summed E-state index contributed by atoms with van der Waals surface area (Å²) in [6, 6.07) is 0. The molecule has 0 aromatic rings. The van der Waals surface area contributed by atoms with E-state index in [-0.39, 0.29) is 102 Å². The minimum Gasteiger partial charge on any atom is -0.379 e. The summed E-state index contributed by atoms with van der Waals surface area (Å²) in [5, 5.41) is 1.29. The molecule has 2 saturated heterocycles. The number of allylic oxidation sites excluding steroid dienone is 1. The largest absolute Gasteiger partial charge is 0.379 e. The third-order valence-electron chi connectivity index (χ3n) is 8.17. The number of hydroxylamine groups is 4. The lowest BCUT2D eigenvalue weighted by Crippen LogP contribution is -2.39. The zero-order chi connectivity index (χ0) is 45.6. The fourth-order valence-electron chi connectivity index (χ4n) is 4.87. The number of hydrogen-bond donors (Lipinski definition) is 0. The fourth-order valence-corrected chi connectivity index (χ4v) is 4.87. The molecule has 0 aliphatic carbocycles. The topological polar surface area (TPSA) is 259 Å². The summed E-state index contributed by atoms with van der Waals surface area (Å²) >= 11 is 0. The van der Waals surface area contributed by atoms with Crippen molar-refractivity contribution < 1.29 is 90.7 Å². The molecule has 62 heavy (non-hydrogen) atoms. The van der Waals surface area contributed by atoms with Gasteiger partial charge in [0.05, 0.1) is 119 Å². The van der Waals surface area contributed by atoms with Crippen LogP contribution in [0.2, 0.25) is 0 Å². The number of aldehydes is 2. The number of ether oxygens (including phenoxy) is 8. The van der Waals surface area contributed by atoms with Crippen LogP contribution in [0.3, 0.4) is 0 Å². The molecule has 0 aromatic carbocycles. The number of carbonyl (C=O) groups is 9. The van der Waals surface area contributed by atoms with Crippen LogP contribution >= 0.6 is 0 Å². The molecule has 2 rings (SSSR count). The lowest BCUT2D eigenvalue weighted by Gasteiger charge is -2.24. The molecule has 0 atom stereocenters. The summed E-state index contributed by atoms with van der Waals surface area (Å²) in [7, 11) is 2.85. The van der Waals surface area contributed by atoms with Crippen molar-refractivity contribution in [2.75, 3.05) is 140 Å². The Kier molecular flexibility index (Phi) is 33.1. The average molecular weight is 891 g/mol. The van der Waals surface area contributed by atoms with Gasteiger partial charge in [-0.1, -0.05) is 0 Å². The smallest absolute Gasteiger partial charge is 0.335 e. The van der Waals surface area contributed by atoms with Gasteiger partial charge in [-0.05, 0) is 6.08 Å². The van der Waals surface area contributed by atoms with Gasteiger partial charge in [-0.15, -0.1) is 5.06 Å². The summed E-state index contributed by atoms with van der Waals surface area (Å²) < 4.78 is 43.5. The second kappa shape index (κ2) is 37.0. The number of imide groups is 2. The third kappa shape index (κ3) is 27.4. The molecular weight excluding hydrogens is 828 g/mol. The highest BCUT2D eigenvalue weighted by atomic mass is 16.7. The van der Waals surface area contributed by atoms with Crippen LogP contribution in [-0.2, 0) is 90.7 Å². The summed E-state index contributed by atoms with van der Waals surface area (Å²) in [6.07, 6.45) is 4.50. The highest BCUT2D eigenvalue weighted by Crippen LogP contribution is 2.13. The van der Waals surface area contributed by atoms with E-state index in [9.17, 15) is 43.2 Å². The van der Waals surface area contributed by atoms with Crippen LogP contribution in [-0.4, -0.2) is 213 Å². The Bertz CT molecular complexity index is 1350. The van der Waals surface area contributed by atoms with Crippen LogP contribution in [0.15, 0.2) is 12.2 Å². The lowest BCUT2D eigenvalue weighted by atomic mass is 10.3. The fraction of sp³-hybridized carbons (Fsp3) is 0.718. The molecule has 2 aliphatic heterocycles. The Morgan fingerprint density at radius 2 is 0.952 bits per heavy atom. The predicted molar refractivity (Wildman–Crippen MR) is 211 cm³/mol. The van der Waals surface area contributed by atoms with Gasteiger partial charge < -0.3 is 57.3 Å². The van der Waals surface area contributed by atoms with Crippen molar-refractivity contribution >= 4 is 54.0 Å². The van der Waals surface area contributed by atoms with Crippen molar-refractivity contribution in [1.29, 1.82) is 0 Å². The van der Waals surface area contributed by atoms with Gasteiger partial charge in [0.15, 0.2) is 0 Å². The molecular formula is C39H62N4O19. The minimum absolute atomic E-state index is 0.0327. The predicted octanol–water partition coefficient (Wildman–Crippen LogP) is -1.17. The first kappa shape index (κ1) is 55.4. The maximum absolute atomic E-state index is 13.0. The Balaban J connectivity index is 0.00000188. The van der Waals surface area contributed by atoms with Crippen LogP contribution < -0.4 is 0 Å². The van der Waals surface area contributed by atoms with E-state index in [0.717, 1.165) is 23.5 Å². The quantitative estimate of drug-likeness (QED) is 0.0308. The van der Waals surface area contributed by atoms with Gasteiger partial charge in [-0.25, -0.2) is 4.79 Å². The SMILES string of the molecule is CN(CCC(=O)N(CCOCCOCCOCCOCCC=O)CCOCCOCCOCCOCCC(=O)ON1C(=O)CCC1=O)C(=O)/C=C\C=O.CON1C(=O)CCC1=O. The van der Waals surface area contributed by atoms with E-state index in [4.69, 9.17) is 42.7 Å². The zero-order valence-corrected chi connectivity index (χ0v) is 35.7. The van der Waals surface area contributed by atoms with Crippen LogP contribution in [0.1, 0.15) is 44.9 Å². The Morgan fingerprint density at radius 3 is 1.35 bits per heavy atom. The summed E-state index contributed by atoms with van der Waals surface area (Å²) in [4.78, 5) is 114. The molecule has 6 amide bonds. The zero-order valence-electron chi connectivity index (χ0n) is 35.7. The van der Waals surface area contributed by atoms with E-state index in [0.29, 0.717) is 104 Å². The van der Waals surface area contributed by atoms with Crippen LogP contribution in [0.4, 0.5) is 0 Å². The summed E-state index contributed by atoms with van der Waals surface area (Å²) in [5.74, 6) is -2.87. The highest BCUT2D eigenvalue weighted by molar-refractivity contribution is 6.01. The maximum atomic E-state index is 13.0. The molecule has 0 unspecified atom stereocenters. The molecule has 0 bridgehead atoms. The minimum atomic E-state index is -0.732. The van der Waals surface area contributed by atoms with Gasteiger partial charge >= 0.3 is 5.97 Å². The first-order valence-corrected chi connectivity index (χ1v) is 20.2. The van der Waals surface area contributed by atoms with Gasteiger partial charge in [0.1, 0.15) is 12.6 Å². The average Bonchev–Trinajstić information content (AvgIpc) is 3.77. The van der Waals surface area contributed by atoms with E-state index in [1.807, 2.05) is 0 Å². The van der Waals surface area contributed by atoms with Crippen molar-refractivity contribution in [3.8, 4) is 0 Å². The van der Waals surface area contributed by atoms with Crippen molar-refractivity contribution in [2.24, 2.45) is 0 Å². The van der Waals surface area contributed by atoms with Crippen molar-refractivity contribution in [1.82, 2.24) is 19.9 Å². The first-order valence-electron chi connectivity index (χ1n) is 20.2. The van der Waals surface area contributed by atoms with Crippen LogP contribution in [0.25, 0.3) is 0 Å². The molecule has 2 heterocycles. The number of likely N-dealkylation sites (N-methyl/N-ethyl adjacent to an activating group) is 1. The highest BCUT2D eigenvalue weighted by Gasteiger charge is 2.32. The molecule has 0 saturated carbocycles. The molecule has 0 N–H and O–H groups in total. The number of amides is 6. The molecule has 352 valence electrons. The molecule has 23 nitrogen and oxygen atoms in total. The lowest BCUT2D eigenvalue weighted by molar-refractivity contribution is -0.198. The van der Waals surface area contributed by atoms with E-state index in [1.54, 1.807) is 11.9 Å². The summed E-state index contributed by atoms with van der Waals surface area (Å²) in [6.45, 7) is 5.74. The van der Waals surface area contributed by atoms with Gasteiger partial charge in [0.2, 0.25) is 11.8 Å². The first-order chi connectivity index (χ1) is 30.0. The van der Waals surface area contributed by atoms with Crippen molar-refractivity contribution in [3.63, 3.8) is 0 Å². The van der Waals surface area contributed by atoms with E-state index < -0.39 is 17.8 Å². The number of carbonyl (C=O) groups excluding carboxylic acids is 9. The van der Waals surface area contributed by atoms with Gasteiger partial charge in [0.25, 0.3) is 23.6 Å². The second-order valence-corrected chi connectivity index (χ2v) is 12.8. The Morgan fingerprint density at radius 1 is 0.548 bits per heavy atom. The van der Waals surface area contributed by atoms with E-state index >= 15 is 0 Å². The van der Waals surface area contributed by atoms with Crippen molar-refractivity contribution in [2.45, 2.75) is 44.9 Å². The van der Waals surface area contributed by atoms with Crippen LogP contribution in [0, 0.1) is 0 Å².